The number of hydrogen-bond acceptors (Lipinski definition) is 5. The van der Waals surface area contributed by atoms with Gasteiger partial charge in [0, 0.05) is 0 Å². The fourth-order valence-corrected chi connectivity index (χ4v) is 1.48. The van der Waals surface area contributed by atoms with E-state index in [0.29, 0.717) is 12.7 Å². The molecule has 2 unspecified atom stereocenters. The molecule has 0 saturated carbocycles. The molecular weight excluding hydrogens is 200 g/mol. The zero-order valence-corrected chi connectivity index (χ0v) is 9.27. The molecule has 0 aliphatic heterocycles. The molecule has 0 bridgehead atoms. The van der Waals surface area contributed by atoms with Crippen molar-refractivity contribution in [1.29, 1.82) is 0 Å². The lowest BCUT2D eigenvalue weighted by Gasteiger charge is -2.35. The SMILES string of the molecule is CCCC(N(C)C)C(N)(C=O)OC(=O)O. The Labute approximate surface area is 89.0 Å². The van der Waals surface area contributed by atoms with Crippen LogP contribution in [0.5, 0.6) is 0 Å². The van der Waals surface area contributed by atoms with Crippen molar-refractivity contribution in [1.82, 2.24) is 4.90 Å². The number of carboxylic acid groups (broad SMARTS) is 1. The maximum atomic E-state index is 10.8. The first-order valence-electron chi connectivity index (χ1n) is 4.71. The molecule has 0 radical (unpaired) electrons. The molecule has 2 atom stereocenters. The van der Waals surface area contributed by atoms with E-state index in [1.165, 1.54) is 0 Å². The van der Waals surface area contributed by atoms with E-state index in [-0.39, 0.29) is 0 Å². The van der Waals surface area contributed by atoms with Crippen LogP contribution in [0.4, 0.5) is 4.79 Å². The Bertz CT molecular complexity index is 232. The Balaban J connectivity index is 4.84. The molecule has 0 heterocycles. The first-order valence-corrected chi connectivity index (χ1v) is 4.71. The van der Waals surface area contributed by atoms with E-state index in [1.807, 2.05) is 6.92 Å². The van der Waals surface area contributed by atoms with Crippen molar-refractivity contribution in [3.8, 4) is 0 Å². The maximum absolute atomic E-state index is 10.8. The van der Waals surface area contributed by atoms with E-state index >= 15 is 0 Å². The molecular formula is C9H18N2O4. The minimum atomic E-state index is -1.80. The molecule has 6 heteroatoms. The minimum absolute atomic E-state index is 0.335. The monoisotopic (exact) mass is 218 g/mol. The van der Waals surface area contributed by atoms with Gasteiger partial charge in [-0.05, 0) is 20.5 Å². The van der Waals surface area contributed by atoms with Gasteiger partial charge in [0.1, 0.15) is 0 Å². The summed E-state index contributed by atoms with van der Waals surface area (Å²) in [6.45, 7) is 1.92. The summed E-state index contributed by atoms with van der Waals surface area (Å²) in [5, 5.41) is 8.50. The van der Waals surface area contributed by atoms with E-state index < -0.39 is 17.9 Å². The summed E-state index contributed by atoms with van der Waals surface area (Å²) in [5.41, 5.74) is 3.82. The van der Waals surface area contributed by atoms with Gasteiger partial charge in [0.2, 0.25) is 5.72 Å². The van der Waals surface area contributed by atoms with Gasteiger partial charge < -0.3 is 14.7 Å². The highest BCUT2D eigenvalue weighted by atomic mass is 16.7. The number of carbonyl (C=O) groups is 2. The molecule has 15 heavy (non-hydrogen) atoms. The van der Waals surface area contributed by atoms with Gasteiger partial charge in [-0.2, -0.15) is 0 Å². The van der Waals surface area contributed by atoms with E-state index in [1.54, 1.807) is 19.0 Å². The lowest BCUT2D eigenvalue weighted by atomic mass is 10.00. The molecule has 0 aromatic carbocycles. The normalized spacial score (nSPS) is 16.9. The van der Waals surface area contributed by atoms with Gasteiger partial charge >= 0.3 is 6.16 Å². The predicted octanol–water partition coefficient (Wildman–Crippen LogP) is 0.265. The number of aldehydes is 1. The Hall–Kier alpha value is -1.14. The second kappa shape index (κ2) is 5.67. The summed E-state index contributed by atoms with van der Waals surface area (Å²) in [5.74, 6) is 0. The molecule has 6 nitrogen and oxygen atoms in total. The fraction of sp³-hybridized carbons (Fsp3) is 0.778. The zero-order valence-electron chi connectivity index (χ0n) is 9.27. The van der Waals surface area contributed by atoms with Crippen LogP contribution < -0.4 is 5.73 Å². The van der Waals surface area contributed by atoms with Crippen molar-refractivity contribution in [3.63, 3.8) is 0 Å². The summed E-state index contributed by atoms with van der Waals surface area (Å²) in [7, 11) is 3.44. The molecule has 0 rings (SSSR count). The van der Waals surface area contributed by atoms with Gasteiger partial charge in [-0.1, -0.05) is 13.3 Å². The molecule has 0 aliphatic rings. The predicted molar refractivity (Wildman–Crippen MR) is 54.5 cm³/mol. The van der Waals surface area contributed by atoms with Gasteiger partial charge in [-0.3, -0.25) is 10.5 Å². The number of likely N-dealkylation sites (N-methyl/N-ethyl adjacent to an activating group) is 1. The van der Waals surface area contributed by atoms with Crippen LogP contribution in [-0.2, 0) is 9.53 Å². The van der Waals surface area contributed by atoms with Crippen LogP contribution in [0.25, 0.3) is 0 Å². The Morgan fingerprint density at radius 1 is 1.67 bits per heavy atom. The second-order valence-electron chi connectivity index (χ2n) is 3.61. The standard InChI is InChI=1S/C9H18N2O4/c1-4-5-7(11(2)3)9(10,6-12)15-8(13)14/h6-7H,4-5,10H2,1-3H3,(H,13,14). The molecule has 0 saturated heterocycles. The van der Waals surface area contributed by atoms with Crippen LogP contribution in [0.2, 0.25) is 0 Å². The number of carbonyl (C=O) groups excluding carboxylic acids is 1. The van der Waals surface area contributed by atoms with Gasteiger partial charge in [0.15, 0.2) is 6.29 Å². The summed E-state index contributed by atoms with van der Waals surface area (Å²) < 4.78 is 4.45. The van der Waals surface area contributed by atoms with E-state index in [9.17, 15) is 9.59 Å². The summed E-state index contributed by atoms with van der Waals surface area (Å²) in [6.07, 6.45) is 0.141. The largest absolute Gasteiger partial charge is 0.507 e. The third kappa shape index (κ3) is 3.85. The summed E-state index contributed by atoms with van der Waals surface area (Å²) >= 11 is 0. The van der Waals surface area contributed by atoms with Gasteiger partial charge in [-0.25, -0.2) is 4.79 Å². The van der Waals surface area contributed by atoms with E-state index in [0.717, 1.165) is 6.42 Å². The Kier molecular flexibility index (Phi) is 5.24. The number of nitrogens with zero attached hydrogens (tertiary/aromatic N) is 1. The number of nitrogens with two attached hydrogens (primary N) is 1. The topological polar surface area (TPSA) is 92.9 Å². The highest BCUT2D eigenvalue weighted by molar-refractivity contribution is 5.69. The molecule has 0 aromatic rings. The third-order valence-electron chi connectivity index (χ3n) is 2.15. The van der Waals surface area contributed by atoms with E-state index in [2.05, 4.69) is 4.74 Å². The molecule has 0 fully saturated rings. The van der Waals surface area contributed by atoms with Crippen LogP contribution in [0.15, 0.2) is 0 Å². The Morgan fingerprint density at radius 2 is 2.20 bits per heavy atom. The zero-order chi connectivity index (χ0) is 12.1. The van der Waals surface area contributed by atoms with Crippen molar-refractivity contribution in [2.45, 2.75) is 31.5 Å². The van der Waals surface area contributed by atoms with Crippen LogP contribution >= 0.6 is 0 Å². The maximum Gasteiger partial charge on any atom is 0.507 e. The second-order valence-corrected chi connectivity index (χ2v) is 3.61. The van der Waals surface area contributed by atoms with E-state index in [4.69, 9.17) is 10.8 Å². The smallest absolute Gasteiger partial charge is 0.450 e. The Morgan fingerprint density at radius 3 is 2.47 bits per heavy atom. The number of ether oxygens (including phenoxy) is 1. The fourth-order valence-electron chi connectivity index (χ4n) is 1.48. The van der Waals surface area contributed by atoms with Crippen molar-refractivity contribution in [2.75, 3.05) is 14.1 Å². The van der Waals surface area contributed by atoms with Crippen LogP contribution in [0, 0.1) is 0 Å². The summed E-state index contributed by atoms with van der Waals surface area (Å²) in [4.78, 5) is 22.9. The number of hydrogen-bond donors (Lipinski definition) is 2. The van der Waals surface area contributed by atoms with Crippen molar-refractivity contribution in [3.05, 3.63) is 0 Å². The first kappa shape index (κ1) is 13.9. The summed E-state index contributed by atoms with van der Waals surface area (Å²) in [6, 6.07) is -0.462. The first-order chi connectivity index (χ1) is 6.87. The average molecular weight is 218 g/mol. The molecule has 3 N–H and O–H groups in total. The molecule has 88 valence electrons. The quantitative estimate of drug-likeness (QED) is 0.377. The van der Waals surface area contributed by atoms with Crippen molar-refractivity contribution >= 4 is 12.4 Å². The van der Waals surface area contributed by atoms with Gasteiger partial charge in [0.25, 0.3) is 0 Å². The molecule has 0 aromatic heterocycles. The lowest BCUT2D eigenvalue weighted by molar-refractivity contribution is -0.133. The highest BCUT2D eigenvalue weighted by Crippen LogP contribution is 2.16. The minimum Gasteiger partial charge on any atom is -0.450 e. The van der Waals surface area contributed by atoms with Crippen LogP contribution in [0.3, 0.4) is 0 Å². The molecule has 0 spiro atoms. The lowest BCUT2D eigenvalue weighted by Crippen LogP contribution is -2.60. The third-order valence-corrected chi connectivity index (χ3v) is 2.15. The highest BCUT2D eigenvalue weighted by Gasteiger charge is 2.39. The van der Waals surface area contributed by atoms with Crippen LogP contribution in [0.1, 0.15) is 19.8 Å². The van der Waals surface area contributed by atoms with Crippen molar-refractivity contribution in [2.24, 2.45) is 5.73 Å². The molecule has 0 aliphatic carbocycles. The van der Waals surface area contributed by atoms with Gasteiger partial charge in [0.05, 0.1) is 6.04 Å². The van der Waals surface area contributed by atoms with Crippen molar-refractivity contribution < 1.29 is 19.4 Å². The van der Waals surface area contributed by atoms with Crippen LogP contribution in [-0.4, -0.2) is 48.3 Å². The average Bonchev–Trinajstić information content (AvgIpc) is 2.12. The molecule has 0 amide bonds. The van der Waals surface area contributed by atoms with Gasteiger partial charge in [-0.15, -0.1) is 0 Å². The number of rotatable bonds is 6.